The molecule has 21 heavy (non-hydrogen) atoms. The maximum Gasteiger partial charge on any atom is 0.175 e. The molecule has 0 bridgehead atoms. The van der Waals surface area contributed by atoms with Gasteiger partial charge in [-0.3, -0.25) is 0 Å². The molecule has 2 aromatic rings. The molecule has 0 aliphatic carbocycles. The van der Waals surface area contributed by atoms with Crippen molar-refractivity contribution in [1.29, 1.82) is 0 Å². The lowest BCUT2D eigenvalue weighted by molar-refractivity contribution is 0.219. The summed E-state index contributed by atoms with van der Waals surface area (Å²) >= 11 is 3.39. The van der Waals surface area contributed by atoms with E-state index in [0.717, 1.165) is 6.26 Å². The zero-order valence-corrected chi connectivity index (χ0v) is 14.0. The van der Waals surface area contributed by atoms with Gasteiger partial charge in [0.1, 0.15) is 11.9 Å². The van der Waals surface area contributed by atoms with Crippen LogP contribution in [0.2, 0.25) is 0 Å². The Hall–Kier alpha value is -1.37. The van der Waals surface area contributed by atoms with E-state index in [-0.39, 0.29) is 4.90 Å². The van der Waals surface area contributed by atoms with Crippen LogP contribution < -0.4 is 4.74 Å². The predicted octanol–water partition coefficient (Wildman–Crippen LogP) is 2.94. The number of benzene rings is 2. The predicted molar refractivity (Wildman–Crippen MR) is 84.3 cm³/mol. The minimum absolute atomic E-state index is 0.184. The number of sulfone groups is 1. The third-order valence-electron chi connectivity index (χ3n) is 3.10. The normalized spacial score (nSPS) is 13.0. The highest BCUT2D eigenvalue weighted by Crippen LogP contribution is 2.32. The Kier molecular flexibility index (Phi) is 4.70. The second-order valence-electron chi connectivity index (χ2n) is 4.63. The van der Waals surface area contributed by atoms with Gasteiger partial charge in [0.05, 0.1) is 12.0 Å². The highest BCUT2D eigenvalue weighted by atomic mass is 79.9. The van der Waals surface area contributed by atoms with Gasteiger partial charge < -0.3 is 9.84 Å². The molecule has 4 nitrogen and oxygen atoms in total. The molecule has 0 fully saturated rings. The molecular formula is C15H15BrO4S. The maximum absolute atomic E-state index is 11.6. The summed E-state index contributed by atoms with van der Waals surface area (Å²) in [7, 11) is -1.74. The van der Waals surface area contributed by atoms with Gasteiger partial charge in [-0.05, 0) is 35.4 Å². The highest BCUT2D eigenvalue weighted by molar-refractivity contribution is 9.10. The van der Waals surface area contributed by atoms with Gasteiger partial charge in [-0.2, -0.15) is 0 Å². The number of rotatable bonds is 4. The SMILES string of the molecule is COc1ccc(C(O)c2cccc(S(C)(=O)=O)c2)c(Br)c1. The summed E-state index contributed by atoms with van der Waals surface area (Å²) < 4.78 is 29.0. The quantitative estimate of drug-likeness (QED) is 0.898. The molecule has 1 atom stereocenters. The molecule has 0 heterocycles. The molecular weight excluding hydrogens is 356 g/mol. The van der Waals surface area contributed by atoms with E-state index in [1.165, 1.54) is 12.1 Å². The largest absolute Gasteiger partial charge is 0.497 e. The summed E-state index contributed by atoms with van der Waals surface area (Å²) in [6.07, 6.45) is 0.217. The molecule has 6 heteroatoms. The first-order valence-electron chi connectivity index (χ1n) is 6.14. The molecule has 0 spiro atoms. The monoisotopic (exact) mass is 370 g/mol. The van der Waals surface area contributed by atoms with Crippen molar-refractivity contribution < 1.29 is 18.3 Å². The molecule has 0 aliphatic rings. The first kappa shape index (κ1) is 16.0. The van der Waals surface area contributed by atoms with Crippen molar-refractivity contribution in [2.45, 2.75) is 11.0 Å². The summed E-state index contributed by atoms with van der Waals surface area (Å²) in [4.78, 5) is 0.184. The molecule has 2 rings (SSSR count). The third-order valence-corrected chi connectivity index (χ3v) is 4.90. The smallest absolute Gasteiger partial charge is 0.175 e. The molecule has 2 aromatic carbocycles. The van der Waals surface area contributed by atoms with Crippen LogP contribution >= 0.6 is 15.9 Å². The van der Waals surface area contributed by atoms with E-state index in [1.807, 2.05) is 0 Å². The van der Waals surface area contributed by atoms with Crippen molar-refractivity contribution in [2.24, 2.45) is 0 Å². The number of halogens is 1. The van der Waals surface area contributed by atoms with E-state index in [4.69, 9.17) is 4.74 Å². The summed E-state index contributed by atoms with van der Waals surface area (Å²) in [6.45, 7) is 0. The van der Waals surface area contributed by atoms with E-state index in [9.17, 15) is 13.5 Å². The van der Waals surface area contributed by atoms with Crippen LogP contribution in [0.1, 0.15) is 17.2 Å². The van der Waals surface area contributed by atoms with Gasteiger partial charge in [-0.25, -0.2) is 8.42 Å². The van der Waals surface area contributed by atoms with Gasteiger partial charge in [0.25, 0.3) is 0 Å². The van der Waals surface area contributed by atoms with Crippen LogP contribution in [0.15, 0.2) is 51.8 Å². The Morgan fingerprint density at radius 1 is 1.19 bits per heavy atom. The van der Waals surface area contributed by atoms with Crippen molar-refractivity contribution in [3.63, 3.8) is 0 Å². The number of methoxy groups -OCH3 is 1. The zero-order valence-electron chi connectivity index (χ0n) is 11.6. The van der Waals surface area contributed by atoms with Gasteiger partial charge in [0.15, 0.2) is 9.84 Å². The number of hydrogen-bond acceptors (Lipinski definition) is 4. The average Bonchev–Trinajstić information content (AvgIpc) is 2.45. The second-order valence-corrected chi connectivity index (χ2v) is 7.50. The standard InChI is InChI=1S/C15H15BrO4S/c1-20-11-6-7-13(14(16)9-11)15(17)10-4-3-5-12(8-10)21(2,18)19/h3-9,15,17H,1-2H3. The topological polar surface area (TPSA) is 63.6 Å². The van der Waals surface area contributed by atoms with Gasteiger partial charge >= 0.3 is 0 Å². The Morgan fingerprint density at radius 3 is 2.48 bits per heavy atom. The molecule has 0 aliphatic heterocycles. The van der Waals surface area contributed by atoms with Crippen molar-refractivity contribution in [2.75, 3.05) is 13.4 Å². The Morgan fingerprint density at radius 2 is 1.90 bits per heavy atom. The molecule has 0 saturated carbocycles. The van der Waals surface area contributed by atoms with E-state index < -0.39 is 15.9 Å². The molecule has 1 unspecified atom stereocenters. The second kappa shape index (κ2) is 6.17. The van der Waals surface area contributed by atoms with Gasteiger partial charge in [0, 0.05) is 10.7 Å². The lowest BCUT2D eigenvalue weighted by Crippen LogP contribution is -2.04. The van der Waals surface area contributed by atoms with Gasteiger partial charge in [0.2, 0.25) is 0 Å². The molecule has 1 N–H and O–H groups in total. The summed E-state index contributed by atoms with van der Waals surface area (Å²) in [6, 6.07) is 11.5. The summed E-state index contributed by atoms with van der Waals surface area (Å²) in [5, 5.41) is 10.5. The number of hydrogen-bond donors (Lipinski definition) is 1. The van der Waals surface area contributed by atoms with Gasteiger partial charge in [-0.1, -0.05) is 34.1 Å². The van der Waals surface area contributed by atoms with Crippen LogP contribution in [0.5, 0.6) is 5.75 Å². The number of ether oxygens (including phenoxy) is 1. The fourth-order valence-corrected chi connectivity index (χ4v) is 3.20. The highest BCUT2D eigenvalue weighted by Gasteiger charge is 2.16. The third kappa shape index (κ3) is 3.64. The Bertz CT molecular complexity index is 756. The van der Waals surface area contributed by atoms with Crippen LogP contribution in [0.3, 0.4) is 0 Å². The van der Waals surface area contributed by atoms with Crippen LogP contribution in [-0.2, 0) is 9.84 Å². The van der Waals surface area contributed by atoms with Crippen LogP contribution in [0, 0.1) is 0 Å². The Balaban J connectivity index is 2.43. The zero-order chi connectivity index (χ0) is 15.6. The van der Waals surface area contributed by atoms with Crippen molar-refractivity contribution in [3.8, 4) is 5.75 Å². The number of aliphatic hydroxyl groups is 1. The van der Waals surface area contributed by atoms with E-state index >= 15 is 0 Å². The molecule has 112 valence electrons. The summed E-state index contributed by atoms with van der Waals surface area (Å²) in [5.74, 6) is 0.669. The van der Waals surface area contributed by atoms with Crippen LogP contribution in [0.4, 0.5) is 0 Å². The maximum atomic E-state index is 11.6. The Labute approximate surface area is 132 Å². The fourth-order valence-electron chi connectivity index (χ4n) is 1.95. The first-order chi connectivity index (χ1) is 9.82. The van der Waals surface area contributed by atoms with Crippen LogP contribution in [0.25, 0.3) is 0 Å². The van der Waals surface area contributed by atoms with E-state index in [2.05, 4.69) is 15.9 Å². The summed E-state index contributed by atoms with van der Waals surface area (Å²) in [5.41, 5.74) is 1.16. The molecule has 0 aromatic heterocycles. The lowest BCUT2D eigenvalue weighted by atomic mass is 10.0. The average molecular weight is 371 g/mol. The number of aliphatic hydroxyl groups excluding tert-OH is 1. The van der Waals surface area contributed by atoms with Crippen molar-refractivity contribution in [1.82, 2.24) is 0 Å². The molecule has 0 saturated heterocycles. The van der Waals surface area contributed by atoms with Crippen LogP contribution in [-0.4, -0.2) is 26.9 Å². The minimum atomic E-state index is -3.30. The van der Waals surface area contributed by atoms with E-state index in [1.54, 1.807) is 37.4 Å². The van der Waals surface area contributed by atoms with Gasteiger partial charge in [-0.15, -0.1) is 0 Å². The van der Waals surface area contributed by atoms with Crippen molar-refractivity contribution >= 4 is 25.8 Å². The molecule has 0 amide bonds. The minimum Gasteiger partial charge on any atom is -0.497 e. The lowest BCUT2D eigenvalue weighted by Gasteiger charge is -2.15. The first-order valence-corrected chi connectivity index (χ1v) is 8.83. The van der Waals surface area contributed by atoms with Crippen molar-refractivity contribution in [3.05, 3.63) is 58.1 Å². The molecule has 0 radical (unpaired) electrons. The fraction of sp³-hybridized carbons (Fsp3) is 0.200. The van der Waals surface area contributed by atoms with E-state index in [0.29, 0.717) is 21.3 Å².